The van der Waals surface area contributed by atoms with Gasteiger partial charge in [-0.3, -0.25) is 9.69 Å². The van der Waals surface area contributed by atoms with Gasteiger partial charge in [-0.1, -0.05) is 0 Å². The minimum atomic E-state index is 0.225. The molecule has 0 aromatic rings. The molecule has 0 saturated carbocycles. The molecule has 0 spiro atoms. The van der Waals surface area contributed by atoms with E-state index >= 15 is 0 Å². The summed E-state index contributed by atoms with van der Waals surface area (Å²) in [5.74, 6) is 1.09. The predicted molar refractivity (Wildman–Crippen MR) is 77.0 cm³/mol. The molecule has 2 aliphatic rings. The first-order valence-corrected chi connectivity index (χ1v) is 7.50. The van der Waals surface area contributed by atoms with Crippen LogP contribution in [-0.2, 0) is 4.79 Å². The normalized spacial score (nSPS) is 25.2. The first-order valence-electron chi connectivity index (χ1n) is 6.54. The molecular weight excluding hydrogens is 329 g/mol. The van der Waals surface area contributed by atoms with E-state index in [1.54, 1.807) is 6.92 Å². The number of hydrogen-bond acceptors (Lipinski definition) is 3. The Balaban J connectivity index is 1.69. The van der Waals surface area contributed by atoms with E-state index < -0.39 is 0 Å². The number of carbonyl (C=O) groups is 1. The van der Waals surface area contributed by atoms with Crippen LogP contribution in [0.3, 0.4) is 0 Å². The van der Waals surface area contributed by atoms with Crippen LogP contribution in [0.1, 0.15) is 19.8 Å². The van der Waals surface area contributed by atoms with Gasteiger partial charge in [0.05, 0.1) is 0 Å². The fraction of sp³-hybridized carbons (Fsp3) is 0.917. The molecule has 2 aliphatic heterocycles. The van der Waals surface area contributed by atoms with Gasteiger partial charge >= 0.3 is 0 Å². The van der Waals surface area contributed by atoms with E-state index in [0.29, 0.717) is 0 Å². The number of carbonyl (C=O) groups excluding carboxylic acids is 1. The standard InChI is InChI=1S/C12H22IN3O/c1-11(17)15-8-6-14(7-9-15)10-12-2-4-16(13)5-3-12/h12H,2-10H2,1H3. The minimum Gasteiger partial charge on any atom is -0.340 e. The van der Waals surface area contributed by atoms with Gasteiger partial charge in [-0.25, -0.2) is 3.11 Å². The third-order valence-corrected chi connectivity index (χ3v) is 4.86. The van der Waals surface area contributed by atoms with Gasteiger partial charge < -0.3 is 4.90 Å². The summed E-state index contributed by atoms with van der Waals surface area (Å²) in [5.41, 5.74) is 0. The topological polar surface area (TPSA) is 26.8 Å². The smallest absolute Gasteiger partial charge is 0.219 e. The van der Waals surface area contributed by atoms with Crippen molar-refractivity contribution >= 4 is 28.8 Å². The van der Waals surface area contributed by atoms with Crippen LogP contribution >= 0.6 is 22.9 Å². The zero-order valence-electron chi connectivity index (χ0n) is 10.6. The molecule has 5 heteroatoms. The third-order valence-electron chi connectivity index (χ3n) is 3.89. The molecule has 98 valence electrons. The lowest BCUT2D eigenvalue weighted by molar-refractivity contribution is -0.130. The molecule has 2 rings (SSSR count). The molecule has 4 nitrogen and oxygen atoms in total. The molecule has 0 radical (unpaired) electrons. The molecule has 0 aromatic heterocycles. The van der Waals surface area contributed by atoms with Crippen molar-refractivity contribution < 1.29 is 4.79 Å². The van der Waals surface area contributed by atoms with Gasteiger partial charge in [-0.15, -0.1) is 0 Å². The van der Waals surface area contributed by atoms with Crippen molar-refractivity contribution in [2.45, 2.75) is 19.8 Å². The zero-order chi connectivity index (χ0) is 12.3. The average Bonchev–Trinajstić information content (AvgIpc) is 2.33. The molecule has 2 fully saturated rings. The fourth-order valence-corrected chi connectivity index (χ4v) is 3.25. The lowest BCUT2D eigenvalue weighted by atomic mass is 9.97. The molecule has 2 saturated heterocycles. The average molecular weight is 351 g/mol. The quantitative estimate of drug-likeness (QED) is 0.553. The maximum Gasteiger partial charge on any atom is 0.219 e. The van der Waals surface area contributed by atoms with Crippen LogP contribution in [0.25, 0.3) is 0 Å². The number of halogens is 1. The molecular formula is C12H22IN3O. The second-order valence-corrected chi connectivity index (χ2v) is 6.52. The Morgan fingerprint density at radius 2 is 1.71 bits per heavy atom. The van der Waals surface area contributed by atoms with Crippen LogP contribution < -0.4 is 0 Å². The molecule has 0 aromatic carbocycles. The van der Waals surface area contributed by atoms with Crippen molar-refractivity contribution in [3.8, 4) is 0 Å². The summed E-state index contributed by atoms with van der Waals surface area (Å²) < 4.78 is 2.39. The van der Waals surface area contributed by atoms with E-state index in [2.05, 4.69) is 30.9 Å². The van der Waals surface area contributed by atoms with Gasteiger partial charge in [0.15, 0.2) is 0 Å². The van der Waals surface area contributed by atoms with Crippen LogP contribution in [0.4, 0.5) is 0 Å². The minimum absolute atomic E-state index is 0.225. The lowest BCUT2D eigenvalue weighted by Gasteiger charge is -2.37. The second-order valence-electron chi connectivity index (χ2n) is 5.16. The summed E-state index contributed by atoms with van der Waals surface area (Å²) >= 11 is 2.42. The molecule has 0 aliphatic carbocycles. The Kier molecular flexibility index (Phi) is 5.05. The highest BCUT2D eigenvalue weighted by Crippen LogP contribution is 2.21. The zero-order valence-corrected chi connectivity index (χ0v) is 12.7. The first kappa shape index (κ1) is 13.5. The molecule has 1 amide bonds. The number of amides is 1. The van der Waals surface area contributed by atoms with Gasteiger partial charge in [0.25, 0.3) is 0 Å². The van der Waals surface area contributed by atoms with Gasteiger partial charge in [-0.05, 0) is 18.8 Å². The van der Waals surface area contributed by atoms with Crippen molar-refractivity contribution in [1.29, 1.82) is 0 Å². The summed E-state index contributed by atoms with van der Waals surface area (Å²) in [6, 6.07) is 0. The second kappa shape index (κ2) is 6.33. The number of piperidine rings is 1. The van der Waals surface area contributed by atoms with Crippen LogP contribution in [0.15, 0.2) is 0 Å². The van der Waals surface area contributed by atoms with Gasteiger partial charge in [0.2, 0.25) is 5.91 Å². The summed E-state index contributed by atoms with van der Waals surface area (Å²) in [4.78, 5) is 15.7. The number of piperazine rings is 1. The van der Waals surface area contributed by atoms with Gasteiger partial charge in [0.1, 0.15) is 0 Å². The van der Waals surface area contributed by atoms with E-state index in [-0.39, 0.29) is 5.91 Å². The Bertz CT molecular complexity index is 258. The van der Waals surface area contributed by atoms with E-state index in [1.807, 2.05) is 4.90 Å². The summed E-state index contributed by atoms with van der Waals surface area (Å²) in [7, 11) is 0. The van der Waals surface area contributed by atoms with E-state index in [1.165, 1.54) is 32.5 Å². The van der Waals surface area contributed by atoms with Crippen molar-refractivity contribution in [1.82, 2.24) is 12.9 Å². The Morgan fingerprint density at radius 3 is 2.24 bits per heavy atom. The van der Waals surface area contributed by atoms with E-state index in [0.717, 1.165) is 32.1 Å². The van der Waals surface area contributed by atoms with Crippen molar-refractivity contribution in [2.75, 3.05) is 45.8 Å². The van der Waals surface area contributed by atoms with Crippen LogP contribution in [-0.4, -0.2) is 64.6 Å². The number of nitrogens with zero attached hydrogens (tertiary/aromatic N) is 3. The van der Waals surface area contributed by atoms with Crippen molar-refractivity contribution in [3.05, 3.63) is 0 Å². The summed E-state index contributed by atoms with van der Waals surface area (Å²) in [6.45, 7) is 9.33. The highest BCUT2D eigenvalue weighted by molar-refractivity contribution is 14.1. The highest BCUT2D eigenvalue weighted by Gasteiger charge is 2.23. The Labute approximate surface area is 118 Å². The molecule has 2 heterocycles. The number of rotatable bonds is 2. The predicted octanol–water partition coefficient (Wildman–Crippen LogP) is 1.21. The van der Waals surface area contributed by atoms with Crippen molar-refractivity contribution in [3.63, 3.8) is 0 Å². The summed E-state index contributed by atoms with van der Waals surface area (Å²) in [5, 5.41) is 0. The first-order chi connectivity index (χ1) is 8.15. The van der Waals surface area contributed by atoms with Crippen molar-refractivity contribution in [2.24, 2.45) is 5.92 Å². The van der Waals surface area contributed by atoms with Crippen LogP contribution in [0.2, 0.25) is 0 Å². The third kappa shape index (κ3) is 4.06. The maximum atomic E-state index is 11.2. The largest absolute Gasteiger partial charge is 0.340 e. The Hall–Kier alpha value is 0.120. The molecule has 0 bridgehead atoms. The maximum absolute atomic E-state index is 11.2. The number of hydrogen-bond donors (Lipinski definition) is 0. The molecule has 0 atom stereocenters. The van der Waals surface area contributed by atoms with E-state index in [4.69, 9.17) is 0 Å². The molecule has 17 heavy (non-hydrogen) atoms. The van der Waals surface area contributed by atoms with Crippen LogP contribution in [0.5, 0.6) is 0 Å². The lowest BCUT2D eigenvalue weighted by Crippen LogP contribution is -2.49. The van der Waals surface area contributed by atoms with Gasteiger partial charge in [-0.2, -0.15) is 0 Å². The molecule has 0 unspecified atom stereocenters. The SMILES string of the molecule is CC(=O)N1CCN(CC2CCN(I)CC2)CC1. The van der Waals surface area contributed by atoms with Gasteiger partial charge in [0, 0.05) is 75.6 Å². The van der Waals surface area contributed by atoms with Crippen LogP contribution in [0, 0.1) is 5.92 Å². The highest BCUT2D eigenvalue weighted by atomic mass is 127. The molecule has 0 N–H and O–H groups in total. The fourth-order valence-electron chi connectivity index (χ4n) is 2.69. The Morgan fingerprint density at radius 1 is 1.12 bits per heavy atom. The van der Waals surface area contributed by atoms with E-state index in [9.17, 15) is 4.79 Å². The summed E-state index contributed by atoms with van der Waals surface area (Å²) in [6.07, 6.45) is 2.66. The monoisotopic (exact) mass is 351 g/mol.